The van der Waals surface area contributed by atoms with E-state index in [9.17, 15) is 10.1 Å². The van der Waals surface area contributed by atoms with E-state index in [0.717, 1.165) is 15.6 Å². The number of aromatic nitrogens is 1. The van der Waals surface area contributed by atoms with Gasteiger partial charge in [-0.1, -0.05) is 55.4 Å². The van der Waals surface area contributed by atoms with E-state index in [0.29, 0.717) is 0 Å². The molecule has 126 valence electrons. The molecule has 0 saturated carbocycles. The summed E-state index contributed by atoms with van der Waals surface area (Å²) in [6.07, 6.45) is 0. The van der Waals surface area contributed by atoms with Crippen LogP contribution in [0.5, 0.6) is 0 Å². The molecule has 0 bridgehead atoms. The third-order valence-corrected chi connectivity index (χ3v) is 5.96. The average molecular weight is 360 g/mol. The predicted molar refractivity (Wildman–Crippen MR) is 100 cm³/mol. The average Bonchev–Trinajstić information content (AvgIpc) is 3.02. The molecule has 24 heavy (non-hydrogen) atoms. The lowest BCUT2D eigenvalue weighted by Crippen LogP contribution is -2.49. The van der Waals surface area contributed by atoms with Gasteiger partial charge in [0.1, 0.15) is 5.54 Å². The highest BCUT2D eigenvalue weighted by molar-refractivity contribution is 8.01. The number of nitrogens with zero attached hydrogens (tertiary/aromatic N) is 2. The molecule has 1 heterocycles. The van der Waals surface area contributed by atoms with Gasteiger partial charge in [-0.25, -0.2) is 4.98 Å². The second-order valence-electron chi connectivity index (χ2n) is 6.17. The number of amides is 1. The van der Waals surface area contributed by atoms with Crippen molar-refractivity contribution in [2.75, 3.05) is 5.75 Å². The Morgan fingerprint density at radius 3 is 2.67 bits per heavy atom. The Hall–Kier alpha value is -1.84. The Kier molecular flexibility index (Phi) is 6.03. The number of hydrogen-bond acceptors (Lipinski definition) is 5. The van der Waals surface area contributed by atoms with Gasteiger partial charge in [0, 0.05) is 10.9 Å². The molecule has 1 unspecified atom stereocenters. The van der Waals surface area contributed by atoms with E-state index < -0.39 is 5.54 Å². The molecule has 1 amide bonds. The molecule has 0 aliphatic heterocycles. The number of carbonyl (C=O) groups excluding carboxylic acids is 1. The zero-order valence-corrected chi connectivity index (χ0v) is 15.9. The molecule has 1 N–H and O–H groups in total. The van der Waals surface area contributed by atoms with Crippen molar-refractivity contribution < 1.29 is 4.79 Å². The van der Waals surface area contributed by atoms with Gasteiger partial charge in [-0.2, -0.15) is 5.26 Å². The van der Waals surface area contributed by atoms with Crippen molar-refractivity contribution in [1.82, 2.24) is 10.3 Å². The van der Waals surface area contributed by atoms with Gasteiger partial charge in [-0.05, 0) is 19.8 Å². The molecule has 0 saturated heterocycles. The molecule has 0 aliphatic carbocycles. The molecule has 0 fully saturated rings. The van der Waals surface area contributed by atoms with Gasteiger partial charge in [0.05, 0.1) is 17.5 Å². The summed E-state index contributed by atoms with van der Waals surface area (Å²) in [5.74, 6) is 0.152. The lowest BCUT2D eigenvalue weighted by atomic mass is 9.90. The van der Waals surface area contributed by atoms with E-state index in [1.807, 2.05) is 31.4 Å². The molecule has 2 rings (SSSR count). The summed E-state index contributed by atoms with van der Waals surface area (Å²) in [4.78, 5) is 16.7. The number of thiazole rings is 1. The number of nitrogens with one attached hydrogen (secondary N) is 1. The van der Waals surface area contributed by atoms with Gasteiger partial charge in [0.25, 0.3) is 0 Å². The van der Waals surface area contributed by atoms with Crippen LogP contribution in [0.1, 0.15) is 26.3 Å². The number of aryl methyl sites for hydroxylation is 1. The number of thioether (sulfide) groups is 1. The maximum atomic E-state index is 12.1. The Morgan fingerprint density at radius 1 is 1.42 bits per heavy atom. The van der Waals surface area contributed by atoms with Gasteiger partial charge >= 0.3 is 0 Å². The molecule has 1 aromatic heterocycles. The summed E-state index contributed by atoms with van der Waals surface area (Å²) in [6.45, 7) is 7.65. The van der Waals surface area contributed by atoms with Crippen LogP contribution >= 0.6 is 23.1 Å². The van der Waals surface area contributed by atoms with Crippen LogP contribution < -0.4 is 5.32 Å². The van der Waals surface area contributed by atoms with Crippen molar-refractivity contribution in [3.8, 4) is 17.3 Å². The molecule has 0 radical (unpaired) electrons. The first-order valence-corrected chi connectivity index (χ1v) is 9.58. The van der Waals surface area contributed by atoms with Crippen molar-refractivity contribution in [3.05, 3.63) is 35.2 Å². The number of benzene rings is 1. The second kappa shape index (κ2) is 7.82. The van der Waals surface area contributed by atoms with Crippen LogP contribution in [0.3, 0.4) is 0 Å². The largest absolute Gasteiger partial charge is 0.337 e. The minimum atomic E-state index is -0.840. The fourth-order valence-corrected chi connectivity index (χ4v) is 3.57. The van der Waals surface area contributed by atoms with E-state index in [1.165, 1.54) is 28.7 Å². The van der Waals surface area contributed by atoms with Crippen LogP contribution in [-0.2, 0) is 4.79 Å². The van der Waals surface area contributed by atoms with Gasteiger partial charge in [0.15, 0.2) is 4.34 Å². The summed E-state index contributed by atoms with van der Waals surface area (Å²) in [5.41, 5.74) is 2.37. The first kappa shape index (κ1) is 18.5. The minimum absolute atomic E-state index is 0.0458. The van der Waals surface area contributed by atoms with Gasteiger partial charge < -0.3 is 5.32 Å². The smallest absolute Gasteiger partial charge is 0.231 e. The summed E-state index contributed by atoms with van der Waals surface area (Å²) in [6, 6.07) is 10.4. The molecular weight excluding hydrogens is 338 g/mol. The number of nitriles is 1. The SMILES string of the molecule is Cc1ccc(-c2csc(SCC(=O)NC(C)(C#N)C(C)C)n2)cc1. The van der Waals surface area contributed by atoms with Crippen molar-refractivity contribution >= 4 is 29.0 Å². The van der Waals surface area contributed by atoms with E-state index in [-0.39, 0.29) is 17.6 Å². The number of carbonyl (C=O) groups is 1. The summed E-state index contributed by atoms with van der Waals surface area (Å²) < 4.78 is 0.851. The van der Waals surface area contributed by atoms with E-state index in [4.69, 9.17) is 0 Å². The van der Waals surface area contributed by atoms with Crippen LogP contribution in [0.2, 0.25) is 0 Å². The zero-order valence-electron chi connectivity index (χ0n) is 14.3. The Morgan fingerprint density at radius 2 is 2.08 bits per heavy atom. The molecule has 2 aromatic rings. The maximum Gasteiger partial charge on any atom is 0.231 e. The van der Waals surface area contributed by atoms with Crippen LogP contribution in [-0.4, -0.2) is 22.2 Å². The van der Waals surface area contributed by atoms with Gasteiger partial charge in [-0.3, -0.25) is 4.79 Å². The zero-order chi connectivity index (χ0) is 17.7. The standard InChI is InChI=1S/C18H21N3OS2/c1-12(2)18(4,11-19)21-16(22)10-24-17-20-15(9-23-17)14-7-5-13(3)6-8-14/h5-9,12H,10H2,1-4H3,(H,21,22). The maximum absolute atomic E-state index is 12.1. The minimum Gasteiger partial charge on any atom is -0.337 e. The van der Waals surface area contributed by atoms with Crippen LogP contribution in [0.4, 0.5) is 0 Å². The molecule has 0 aliphatic rings. The normalized spacial score (nSPS) is 13.3. The highest BCUT2D eigenvalue weighted by atomic mass is 32.2. The van der Waals surface area contributed by atoms with Crippen LogP contribution in [0, 0.1) is 24.2 Å². The second-order valence-corrected chi connectivity index (χ2v) is 8.25. The Bertz CT molecular complexity index is 746. The monoisotopic (exact) mass is 359 g/mol. The lowest BCUT2D eigenvalue weighted by Gasteiger charge is -2.27. The predicted octanol–water partition coefficient (Wildman–Crippen LogP) is 4.27. The highest BCUT2D eigenvalue weighted by Gasteiger charge is 2.29. The third kappa shape index (κ3) is 4.59. The van der Waals surface area contributed by atoms with E-state index >= 15 is 0 Å². The number of rotatable bonds is 6. The molecule has 0 spiro atoms. The first-order chi connectivity index (χ1) is 11.3. The third-order valence-electron chi connectivity index (χ3n) is 3.94. The lowest BCUT2D eigenvalue weighted by molar-refractivity contribution is -0.120. The molecule has 4 nitrogen and oxygen atoms in total. The summed E-state index contributed by atoms with van der Waals surface area (Å²) in [7, 11) is 0. The Labute approximate surface area is 151 Å². The number of hydrogen-bond donors (Lipinski definition) is 1. The Balaban J connectivity index is 1.95. The van der Waals surface area contributed by atoms with Crippen LogP contribution in [0.25, 0.3) is 11.3 Å². The first-order valence-electron chi connectivity index (χ1n) is 7.71. The fraction of sp³-hybridized carbons (Fsp3) is 0.389. The molecule has 1 aromatic carbocycles. The van der Waals surface area contributed by atoms with Crippen molar-refractivity contribution in [2.45, 2.75) is 37.6 Å². The fourth-order valence-electron chi connectivity index (χ4n) is 1.93. The topological polar surface area (TPSA) is 65.8 Å². The molecular formula is C18H21N3OS2. The quantitative estimate of drug-likeness (QED) is 0.783. The summed E-state index contributed by atoms with van der Waals surface area (Å²) >= 11 is 2.92. The van der Waals surface area contributed by atoms with Gasteiger partial charge in [-0.15, -0.1) is 11.3 Å². The summed E-state index contributed by atoms with van der Waals surface area (Å²) in [5, 5.41) is 14.1. The molecule has 1 atom stereocenters. The van der Waals surface area contributed by atoms with Crippen molar-refractivity contribution in [2.24, 2.45) is 5.92 Å². The van der Waals surface area contributed by atoms with E-state index in [2.05, 4.69) is 35.4 Å². The molecule has 6 heteroatoms. The van der Waals surface area contributed by atoms with Crippen LogP contribution in [0.15, 0.2) is 34.0 Å². The van der Waals surface area contributed by atoms with Crippen molar-refractivity contribution in [3.63, 3.8) is 0 Å². The highest BCUT2D eigenvalue weighted by Crippen LogP contribution is 2.28. The van der Waals surface area contributed by atoms with Gasteiger partial charge in [0.2, 0.25) is 5.91 Å². The van der Waals surface area contributed by atoms with Crippen molar-refractivity contribution in [1.29, 1.82) is 5.26 Å². The van der Waals surface area contributed by atoms with E-state index in [1.54, 1.807) is 6.92 Å².